The van der Waals surface area contributed by atoms with E-state index in [1.54, 1.807) is 23.9 Å². The topological polar surface area (TPSA) is 71.0 Å². The van der Waals surface area contributed by atoms with Crippen molar-refractivity contribution >= 4 is 11.6 Å². The number of anilines is 1. The zero-order valence-corrected chi connectivity index (χ0v) is 12.8. The van der Waals surface area contributed by atoms with Crippen molar-refractivity contribution in [2.45, 2.75) is 13.8 Å². The molecule has 23 heavy (non-hydrogen) atoms. The van der Waals surface area contributed by atoms with Gasteiger partial charge in [0, 0.05) is 18.1 Å². The third-order valence-corrected chi connectivity index (χ3v) is 3.55. The minimum atomic E-state index is -0.356. The third-order valence-electron chi connectivity index (χ3n) is 3.55. The van der Waals surface area contributed by atoms with E-state index >= 15 is 0 Å². The van der Waals surface area contributed by atoms with E-state index in [9.17, 15) is 10.1 Å². The van der Waals surface area contributed by atoms with E-state index in [1.165, 1.54) is 0 Å². The number of nitriles is 1. The van der Waals surface area contributed by atoms with Gasteiger partial charge in [-0.1, -0.05) is 17.7 Å². The zero-order chi connectivity index (χ0) is 16.4. The Labute approximate surface area is 133 Å². The molecule has 2 aromatic heterocycles. The van der Waals surface area contributed by atoms with Crippen molar-refractivity contribution in [3.05, 3.63) is 71.2 Å². The van der Waals surface area contributed by atoms with Crippen LogP contribution in [-0.2, 0) is 0 Å². The van der Waals surface area contributed by atoms with Gasteiger partial charge in [0.05, 0.1) is 0 Å². The summed E-state index contributed by atoms with van der Waals surface area (Å²) in [5.74, 6) is 0.406. The Bertz CT molecular complexity index is 882. The van der Waals surface area contributed by atoms with Crippen LogP contribution in [0.4, 0.5) is 5.69 Å². The van der Waals surface area contributed by atoms with Gasteiger partial charge in [-0.15, -0.1) is 0 Å². The van der Waals surface area contributed by atoms with Gasteiger partial charge in [0.15, 0.2) is 0 Å². The van der Waals surface area contributed by atoms with Gasteiger partial charge in [-0.05, 0) is 38.1 Å². The van der Waals surface area contributed by atoms with Crippen LogP contribution in [0.1, 0.15) is 27.2 Å². The molecule has 1 N–H and O–H groups in total. The number of carbonyl (C=O) groups excluding carboxylic acids is 1. The second-order valence-electron chi connectivity index (χ2n) is 5.24. The Morgan fingerprint density at radius 2 is 1.83 bits per heavy atom. The van der Waals surface area contributed by atoms with Crippen molar-refractivity contribution in [1.29, 1.82) is 5.26 Å². The molecule has 0 unspecified atom stereocenters. The van der Waals surface area contributed by atoms with Crippen LogP contribution in [0.25, 0.3) is 5.88 Å². The van der Waals surface area contributed by atoms with Crippen LogP contribution in [0.5, 0.6) is 0 Å². The van der Waals surface area contributed by atoms with E-state index in [0.29, 0.717) is 17.3 Å². The molecule has 0 aliphatic heterocycles. The van der Waals surface area contributed by atoms with E-state index in [2.05, 4.69) is 11.4 Å². The summed E-state index contributed by atoms with van der Waals surface area (Å²) in [6.45, 7) is 3.65. The van der Waals surface area contributed by atoms with E-state index in [0.717, 1.165) is 5.56 Å². The SMILES string of the molecule is Cc1ccc(NC(=O)c2c(C)oc(-n3cccc3)c2C#N)cc1. The first kappa shape index (κ1) is 14.7. The summed E-state index contributed by atoms with van der Waals surface area (Å²) >= 11 is 0. The zero-order valence-electron chi connectivity index (χ0n) is 12.8. The highest BCUT2D eigenvalue weighted by Crippen LogP contribution is 2.26. The van der Waals surface area contributed by atoms with Crippen LogP contribution < -0.4 is 5.32 Å². The first-order valence-corrected chi connectivity index (χ1v) is 7.15. The van der Waals surface area contributed by atoms with Crippen LogP contribution in [-0.4, -0.2) is 10.5 Å². The second kappa shape index (κ2) is 5.85. The fourth-order valence-corrected chi connectivity index (χ4v) is 2.39. The molecule has 0 saturated carbocycles. The van der Waals surface area contributed by atoms with Gasteiger partial charge in [0.1, 0.15) is 23.0 Å². The monoisotopic (exact) mass is 305 g/mol. The fraction of sp³-hybridized carbons (Fsp3) is 0.111. The predicted molar refractivity (Wildman–Crippen MR) is 86.6 cm³/mol. The average Bonchev–Trinajstić information content (AvgIpc) is 3.16. The van der Waals surface area contributed by atoms with Crippen molar-refractivity contribution in [1.82, 2.24) is 4.57 Å². The molecule has 0 saturated heterocycles. The lowest BCUT2D eigenvalue weighted by Gasteiger charge is -2.05. The maximum Gasteiger partial charge on any atom is 0.260 e. The molecule has 1 amide bonds. The molecule has 0 bridgehead atoms. The standard InChI is InChI=1S/C18H15N3O2/c1-12-5-7-14(8-6-12)20-17(22)16-13(2)23-18(15(16)11-19)21-9-3-4-10-21/h3-10H,1-2H3,(H,20,22). The summed E-state index contributed by atoms with van der Waals surface area (Å²) in [7, 11) is 0. The minimum absolute atomic E-state index is 0.225. The van der Waals surface area contributed by atoms with Gasteiger partial charge in [0.2, 0.25) is 5.88 Å². The van der Waals surface area contributed by atoms with E-state index in [-0.39, 0.29) is 17.0 Å². The Balaban J connectivity index is 1.98. The Morgan fingerprint density at radius 3 is 2.43 bits per heavy atom. The maximum atomic E-state index is 12.6. The van der Waals surface area contributed by atoms with Gasteiger partial charge < -0.3 is 9.73 Å². The highest BCUT2D eigenvalue weighted by Gasteiger charge is 2.24. The molecule has 114 valence electrons. The summed E-state index contributed by atoms with van der Waals surface area (Å²) in [6, 6.07) is 13.2. The number of nitrogens with zero attached hydrogens (tertiary/aromatic N) is 2. The number of aryl methyl sites for hydroxylation is 2. The number of hydrogen-bond donors (Lipinski definition) is 1. The summed E-state index contributed by atoms with van der Waals surface area (Å²) in [6.07, 6.45) is 3.53. The highest BCUT2D eigenvalue weighted by atomic mass is 16.4. The van der Waals surface area contributed by atoms with E-state index in [1.807, 2.05) is 43.3 Å². The Morgan fingerprint density at radius 1 is 1.17 bits per heavy atom. The molecule has 0 radical (unpaired) electrons. The largest absolute Gasteiger partial charge is 0.443 e. The molecule has 0 aliphatic rings. The first-order chi connectivity index (χ1) is 11.1. The number of benzene rings is 1. The molecule has 3 rings (SSSR count). The summed E-state index contributed by atoms with van der Waals surface area (Å²) < 4.78 is 7.31. The van der Waals surface area contributed by atoms with Crippen molar-refractivity contribution in [2.24, 2.45) is 0 Å². The number of nitrogens with one attached hydrogen (secondary N) is 1. The summed E-state index contributed by atoms with van der Waals surface area (Å²) in [4.78, 5) is 12.6. The van der Waals surface area contributed by atoms with Crippen molar-refractivity contribution in [3.8, 4) is 12.0 Å². The Hall–Kier alpha value is -3.26. The second-order valence-corrected chi connectivity index (χ2v) is 5.24. The number of furan rings is 1. The van der Waals surface area contributed by atoms with Crippen molar-refractivity contribution in [2.75, 3.05) is 5.32 Å². The summed E-state index contributed by atoms with van der Waals surface area (Å²) in [5.41, 5.74) is 2.27. The average molecular weight is 305 g/mol. The van der Waals surface area contributed by atoms with Gasteiger partial charge in [-0.25, -0.2) is 0 Å². The predicted octanol–water partition coefficient (Wildman–Crippen LogP) is 3.81. The Kier molecular flexibility index (Phi) is 3.73. The molecule has 3 aromatic rings. The molecular formula is C18H15N3O2. The number of rotatable bonds is 3. The molecule has 5 heteroatoms. The molecule has 0 aliphatic carbocycles. The van der Waals surface area contributed by atoms with Crippen molar-refractivity contribution < 1.29 is 9.21 Å². The summed E-state index contributed by atoms with van der Waals surface area (Å²) in [5, 5.41) is 12.3. The van der Waals surface area contributed by atoms with Gasteiger partial charge in [-0.3, -0.25) is 9.36 Å². The number of aromatic nitrogens is 1. The van der Waals surface area contributed by atoms with E-state index in [4.69, 9.17) is 4.42 Å². The number of hydrogen-bond acceptors (Lipinski definition) is 3. The minimum Gasteiger partial charge on any atom is -0.443 e. The number of amides is 1. The maximum absolute atomic E-state index is 12.6. The van der Waals surface area contributed by atoms with Gasteiger partial charge in [-0.2, -0.15) is 5.26 Å². The molecule has 1 aromatic carbocycles. The van der Waals surface area contributed by atoms with Crippen LogP contribution >= 0.6 is 0 Å². The molecule has 2 heterocycles. The molecule has 0 spiro atoms. The van der Waals surface area contributed by atoms with Gasteiger partial charge >= 0.3 is 0 Å². The quantitative estimate of drug-likeness (QED) is 0.799. The van der Waals surface area contributed by atoms with Crippen molar-refractivity contribution in [3.63, 3.8) is 0 Å². The van der Waals surface area contributed by atoms with Crippen LogP contribution in [0.15, 0.2) is 53.2 Å². The normalized spacial score (nSPS) is 10.3. The molecule has 0 fully saturated rings. The lowest BCUT2D eigenvalue weighted by Crippen LogP contribution is -2.13. The van der Waals surface area contributed by atoms with Crippen LogP contribution in [0.3, 0.4) is 0 Å². The molecular weight excluding hydrogens is 290 g/mol. The van der Waals surface area contributed by atoms with E-state index < -0.39 is 0 Å². The lowest BCUT2D eigenvalue weighted by atomic mass is 10.1. The molecule has 5 nitrogen and oxygen atoms in total. The fourth-order valence-electron chi connectivity index (χ4n) is 2.39. The lowest BCUT2D eigenvalue weighted by molar-refractivity contribution is 0.102. The smallest absolute Gasteiger partial charge is 0.260 e. The van der Waals surface area contributed by atoms with Crippen LogP contribution in [0.2, 0.25) is 0 Å². The van der Waals surface area contributed by atoms with Gasteiger partial charge in [0.25, 0.3) is 5.91 Å². The highest BCUT2D eigenvalue weighted by molar-refractivity contribution is 6.07. The first-order valence-electron chi connectivity index (χ1n) is 7.15. The molecule has 0 atom stereocenters. The van der Waals surface area contributed by atoms with Crippen LogP contribution in [0, 0.1) is 25.2 Å². The third kappa shape index (κ3) is 2.74. The number of carbonyl (C=O) groups is 1.